The molecule has 6 rings (SSSR count). The summed E-state index contributed by atoms with van der Waals surface area (Å²) in [6.07, 6.45) is 5.18. The van der Waals surface area contributed by atoms with E-state index in [4.69, 9.17) is 17.3 Å². The van der Waals surface area contributed by atoms with Crippen molar-refractivity contribution in [2.45, 2.75) is 12.5 Å². The Hall–Kier alpha value is -5.03. The summed E-state index contributed by atoms with van der Waals surface area (Å²) >= 11 is 6.23. The molecule has 0 saturated carbocycles. The van der Waals surface area contributed by atoms with Crippen LogP contribution in [0.25, 0.3) is 22.7 Å². The van der Waals surface area contributed by atoms with E-state index >= 15 is 0 Å². The summed E-state index contributed by atoms with van der Waals surface area (Å²) in [5, 5.41) is 19.8. The third kappa shape index (κ3) is 4.67. The fourth-order valence-corrected chi connectivity index (χ4v) is 5.24. The number of tetrazole rings is 1. The van der Waals surface area contributed by atoms with E-state index in [1.54, 1.807) is 46.0 Å². The van der Waals surface area contributed by atoms with Crippen LogP contribution in [0.2, 0.25) is 5.02 Å². The number of fused-ring (bicyclic) bond motifs is 2. The smallest absolute Gasteiger partial charge is 0.251 e. The minimum absolute atomic E-state index is 0.316. The van der Waals surface area contributed by atoms with Crippen molar-refractivity contribution < 1.29 is 9.59 Å². The van der Waals surface area contributed by atoms with Crippen LogP contribution in [-0.4, -0.2) is 53.2 Å². The molecule has 1 aliphatic rings. The van der Waals surface area contributed by atoms with E-state index in [-0.39, 0.29) is 11.8 Å². The highest BCUT2D eigenvalue weighted by molar-refractivity contribution is 6.30. The molecular formula is C28H24ClN9O2. The van der Waals surface area contributed by atoms with Crippen LogP contribution < -0.4 is 11.1 Å². The number of halogens is 1. The molecule has 5 aromatic rings. The van der Waals surface area contributed by atoms with Gasteiger partial charge in [-0.15, -0.1) is 5.10 Å². The number of anilines is 2. The zero-order valence-corrected chi connectivity index (χ0v) is 22.2. The maximum atomic E-state index is 13.8. The van der Waals surface area contributed by atoms with Crippen molar-refractivity contribution in [3.05, 3.63) is 94.8 Å². The van der Waals surface area contributed by atoms with Crippen molar-refractivity contribution in [2.24, 2.45) is 7.05 Å². The number of carbonyl (C=O) groups is 2. The molecule has 1 atom stereocenters. The van der Waals surface area contributed by atoms with E-state index in [0.717, 1.165) is 22.0 Å². The average Bonchev–Trinajstić information content (AvgIpc) is 3.59. The molecule has 12 heteroatoms. The summed E-state index contributed by atoms with van der Waals surface area (Å²) in [7, 11) is 1.81. The molecule has 0 spiro atoms. The van der Waals surface area contributed by atoms with Gasteiger partial charge in [-0.25, -0.2) is 0 Å². The Balaban J connectivity index is 1.31. The van der Waals surface area contributed by atoms with Gasteiger partial charge >= 0.3 is 0 Å². The molecule has 0 aliphatic carbocycles. The van der Waals surface area contributed by atoms with Gasteiger partial charge in [0.25, 0.3) is 5.91 Å². The molecule has 0 bridgehead atoms. The summed E-state index contributed by atoms with van der Waals surface area (Å²) in [6, 6.07) is 17.5. The fraction of sp³-hybridized carbons (Fsp3) is 0.143. The lowest BCUT2D eigenvalue weighted by Crippen LogP contribution is -2.44. The zero-order chi connectivity index (χ0) is 27.8. The average molecular weight is 554 g/mol. The molecule has 3 heterocycles. The Morgan fingerprint density at radius 2 is 1.98 bits per heavy atom. The quantitative estimate of drug-likeness (QED) is 0.317. The predicted molar refractivity (Wildman–Crippen MR) is 152 cm³/mol. The molecule has 3 aromatic carbocycles. The first-order valence-corrected chi connectivity index (χ1v) is 12.9. The number of nitrogen functional groups attached to an aromatic ring is 1. The summed E-state index contributed by atoms with van der Waals surface area (Å²) in [4.78, 5) is 29.0. The van der Waals surface area contributed by atoms with Gasteiger partial charge in [-0.05, 0) is 70.4 Å². The number of carbonyl (C=O) groups excluding carboxylic acids is 2. The van der Waals surface area contributed by atoms with Gasteiger partial charge < -0.3 is 16.0 Å². The number of nitrogens with one attached hydrogen (secondary N) is 1. The maximum absolute atomic E-state index is 13.8. The molecule has 0 fully saturated rings. The van der Waals surface area contributed by atoms with Gasteiger partial charge in [0.1, 0.15) is 12.4 Å². The van der Waals surface area contributed by atoms with Crippen molar-refractivity contribution in [1.29, 1.82) is 0 Å². The number of nitrogens with zero attached hydrogens (tertiary/aromatic N) is 7. The Bertz CT molecular complexity index is 1780. The monoisotopic (exact) mass is 553 g/mol. The second kappa shape index (κ2) is 10.3. The Labute approximate surface area is 233 Å². The number of aromatic nitrogens is 6. The third-order valence-corrected chi connectivity index (χ3v) is 7.19. The number of rotatable bonds is 5. The largest absolute Gasteiger partial charge is 0.382 e. The summed E-state index contributed by atoms with van der Waals surface area (Å²) < 4.78 is 3.17. The predicted octanol–water partition coefficient (Wildman–Crippen LogP) is 3.56. The van der Waals surface area contributed by atoms with Gasteiger partial charge in [0.15, 0.2) is 5.82 Å². The van der Waals surface area contributed by atoms with E-state index in [9.17, 15) is 9.59 Å². The van der Waals surface area contributed by atoms with Crippen LogP contribution >= 0.6 is 11.6 Å². The SMILES string of the molecule is Cn1nc(N)c2cc(NC(=O)[C@@H]3c4ccccc4CCN3C(=O)/C=C/c3cc(Cl)ccc3-n3cnnn3)ccc21. The highest BCUT2D eigenvalue weighted by Gasteiger charge is 2.35. The van der Waals surface area contributed by atoms with Crippen LogP contribution in [-0.2, 0) is 23.1 Å². The van der Waals surface area contributed by atoms with Crippen LogP contribution in [0.15, 0.2) is 73.1 Å². The van der Waals surface area contributed by atoms with E-state index in [1.807, 2.05) is 37.4 Å². The van der Waals surface area contributed by atoms with Gasteiger partial charge in [-0.2, -0.15) is 9.78 Å². The first kappa shape index (κ1) is 25.3. The lowest BCUT2D eigenvalue weighted by Gasteiger charge is -2.35. The number of hydrogen-bond acceptors (Lipinski definition) is 7. The number of nitrogens with two attached hydrogens (primary N) is 1. The Morgan fingerprint density at radius 3 is 2.80 bits per heavy atom. The first-order valence-electron chi connectivity index (χ1n) is 12.5. The van der Waals surface area contributed by atoms with Crippen molar-refractivity contribution in [2.75, 3.05) is 17.6 Å². The van der Waals surface area contributed by atoms with Crippen molar-refractivity contribution in [3.8, 4) is 5.69 Å². The fourth-order valence-electron chi connectivity index (χ4n) is 5.06. The van der Waals surface area contributed by atoms with Gasteiger partial charge in [-0.3, -0.25) is 14.3 Å². The second-order valence-corrected chi connectivity index (χ2v) is 9.84. The van der Waals surface area contributed by atoms with E-state index in [2.05, 4.69) is 25.9 Å². The number of aryl methyl sites for hydroxylation is 1. The Kier molecular flexibility index (Phi) is 6.48. The molecule has 11 nitrogen and oxygen atoms in total. The van der Waals surface area contributed by atoms with Gasteiger partial charge in [0.2, 0.25) is 5.91 Å². The van der Waals surface area contributed by atoms with Crippen LogP contribution in [0.4, 0.5) is 11.5 Å². The molecule has 1 aliphatic heterocycles. The maximum Gasteiger partial charge on any atom is 0.251 e. The van der Waals surface area contributed by atoms with E-state index in [1.165, 1.54) is 17.1 Å². The minimum Gasteiger partial charge on any atom is -0.382 e. The van der Waals surface area contributed by atoms with Crippen molar-refractivity contribution >= 4 is 51.9 Å². The van der Waals surface area contributed by atoms with E-state index < -0.39 is 6.04 Å². The second-order valence-electron chi connectivity index (χ2n) is 9.40. The van der Waals surface area contributed by atoms with Crippen LogP contribution in [0, 0.1) is 0 Å². The molecule has 0 radical (unpaired) electrons. The van der Waals surface area contributed by atoms with Crippen LogP contribution in [0.1, 0.15) is 22.7 Å². The third-order valence-electron chi connectivity index (χ3n) is 6.95. The summed E-state index contributed by atoms with van der Waals surface area (Å²) in [6.45, 7) is 0.377. The van der Waals surface area contributed by atoms with Crippen LogP contribution in [0.5, 0.6) is 0 Å². The zero-order valence-electron chi connectivity index (χ0n) is 21.4. The molecule has 3 N–H and O–H groups in total. The van der Waals surface area contributed by atoms with Crippen LogP contribution in [0.3, 0.4) is 0 Å². The molecule has 0 unspecified atom stereocenters. The molecule has 200 valence electrons. The topological polar surface area (TPSA) is 137 Å². The van der Waals surface area contributed by atoms with Gasteiger partial charge in [0, 0.05) is 41.3 Å². The lowest BCUT2D eigenvalue weighted by atomic mass is 9.91. The molecular weight excluding hydrogens is 530 g/mol. The summed E-state index contributed by atoms with van der Waals surface area (Å²) in [5.74, 6) is -0.266. The van der Waals surface area contributed by atoms with Crippen molar-refractivity contribution in [3.63, 3.8) is 0 Å². The number of amides is 2. The number of benzene rings is 3. The molecule has 0 saturated heterocycles. The molecule has 2 aromatic heterocycles. The van der Waals surface area contributed by atoms with Crippen molar-refractivity contribution in [1.82, 2.24) is 34.9 Å². The number of hydrogen-bond donors (Lipinski definition) is 2. The van der Waals surface area contributed by atoms with E-state index in [0.29, 0.717) is 40.7 Å². The van der Waals surface area contributed by atoms with Gasteiger partial charge in [0.05, 0.1) is 11.2 Å². The first-order chi connectivity index (χ1) is 19.4. The Morgan fingerprint density at radius 1 is 1.12 bits per heavy atom. The van der Waals surface area contributed by atoms with Gasteiger partial charge in [-0.1, -0.05) is 35.9 Å². The highest BCUT2D eigenvalue weighted by atomic mass is 35.5. The normalized spacial score (nSPS) is 14.9. The summed E-state index contributed by atoms with van der Waals surface area (Å²) in [5.41, 5.74) is 10.6. The molecule has 40 heavy (non-hydrogen) atoms. The molecule has 2 amide bonds. The standard InChI is InChI=1S/C28H24ClN9O2/c1-36-24-10-8-20(15-22(24)27(30)33-36)32-28(40)26-21-5-3-2-4-17(21)12-13-37(26)25(39)11-6-18-14-19(29)7-9-23(18)38-16-31-34-35-38/h2-11,14-16,26H,12-13H2,1H3,(H2,30,33)(H,32,40)/b11-6+/t26-/m0/s1. The lowest BCUT2D eigenvalue weighted by molar-refractivity contribution is -0.135. The highest BCUT2D eigenvalue weighted by Crippen LogP contribution is 2.32. The minimum atomic E-state index is -0.831.